The summed E-state index contributed by atoms with van der Waals surface area (Å²) < 4.78 is 19.1. The summed E-state index contributed by atoms with van der Waals surface area (Å²) in [5.41, 5.74) is 0. The number of hydrogen-bond acceptors (Lipinski definition) is 5. The zero-order valence-corrected chi connectivity index (χ0v) is 26.1. The van der Waals surface area contributed by atoms with Crippen LogP contribution in [0.4, 0.5) is 0 Å². The molecule has 1 aliphatic heterocycles. The molecule has 0 saturated carbocycles. The Morgan fingerprint density at radius 3 is 1.38 bits per heavy atom. The highest BCUT2D eigenvalue weighted by molar-refractivity contribution is 5.33. The van der Waals surface area contributed by atoms with Crippen LogP contribution in [0.2, 0.25) is 0 Å². The fourth-order valence-electron chi connectivity index (χ4n) is 5.42. The topological polar surface area (TPSA) is 34.2 Å². The second-order valence-electron chi connectivity index (χ2n) is 11.7. The van der Waals surface area contributed by atoms with E-state index < -0.39 is 0 Å². The zero-order valence-electron chi connectivity index (χ0n) is 26.1. The van der Waals surface area contributed by atoms with E-state index in [9.17, 15) is 0 Å². The molecule has 0 aromatic heterocycles. The minimum Gasteiger partial charge on any atom is -0.475 e. The maximum atomic E-state index is 6.49. The molecule has 0 radical (unpaired) electrons. The van der Waals surface area contributed by atoms with Gasteiger partial charge in [-0.1, -0.05) is 110 Å². The molecule has 0 saturated heterocycles. The normalized spacial score (nSPS) is 18.4. The molecule has 1 aromatic carbocycles. The van der Waals surface area contributed by atoms with Crippen LogP contribution < -0.4 is 9.47 Å². The summed E-state index contributed by atoms with van der Waals surface area (Å²) in [6.07, 6.45) is 23.3. The Balaban J connectivity index is 1.79. The van der Waals surface area contributed by atoms with Crippen molar-refractivity contribution in [1.82, 2.24) is 9.80 Å². The summed E-state index contributed by atoms with van der Waals surface area (Å²) in [5.74, 6) is 1.76. The lowest BCUT2D eigenvalue weighted by Crippen LogP contribution is -2.40. The molecule has 1 aromatic rings. The van der Waals surface area contributed by atoms with Crippen LogP contribution in [-0.4, -0.2) is 62.7 Å². The number of unbranched alkanes of at least 4 members (excludes halogenated alkanes) is 14. The Hall–Kier alpha value is -1.30. The molecule has 0 N–H and O–H groups in total. The summed E-state index contributed by atoms with van der Waals surface area (Å²) in [6.45, 7) is 8.09. The summed E-state index contributed by atoms with van der Waals surface area (Å²) in [4.78, 5) is 4.72. The van der Waals surface area contributed by atoms with Gasteiger partial charge in [0, 0.05) is 32.0 Å². The molecular formula is C34H62N2O3. The summed E-state index contributed by atoms with van der Waals surface area (Å²) in [5, 5.41) is 0. The number of benzene rings is 1. The lowest BCUT2D eigenvalue weighted by Gasteiger charge is -2.31. The fraction of sp³-hybridized carbons (Fsp3) is 0.824. The number of nitrogens with zero attached hydrogens (tertiary/aromatic N) is 2. The fourth-order valence-corrected chi connectivity index (χ4v) is 5.42. The first-order valence-corrected chi connectivity index (χ1v) is 16.6. The van der Waals surface area contributed by atoms with Crippen molar-refractivity contribution in [1.29, 1.82) is 0 Å². The average molecular weight is 547 g/mol. The third-order valence-corrected chi connectivity index (χ3v) is 8.08. The van der Waals surface area contributed by atoms with Crippen LogP contribution in [0.15, 0.2) is 24.3 Å². The van der Waals surface area contributed by atoms with Crippen LogP contribution in [0, 0.1) is 0 Å². The molecule has 1 aliphatic rings. The van der Waals surface area contributed by atoms with Gasteiger partial charge in [0.1, 0.15) is 11.5 Å². The maximum Gasteiger partial charge on any atom is 0.154 e. The van der Waals surface area contributed by atoms with Gasteiger partial charge in [0.05, 0.1) is 13.2 Å². The van der Waals surface area contributed by atoms with Gasteiger partial charge in [0.15, 0.2) is 12.5 Å². The molecule has 5 nitrogen and oxygen atoms in total. The van der Waals surface area contributed by atoms with Crippen LogP contribution in [-0.2, 0) is 4.74 Å². The number of rotatable bonds is 20. The summed E-state index contributed by atoms with van der Waals surface area (Å²) in [7, 11) is 4.38. The molecule has 2 bridgehead atoms. The highest BCUT2D eigenvalue weighted by Crippen LogP contribution is 2.25. The Labute approximate surface area is 242 Å². The first-order valence-electron chi connectivity index (χ1n) is 16.6. The molecule has 2 unspecified atom stereocenters. The van der Waals surface area contributed by atoms with Crippen molar-refractivity contribution in [2.45, 2.75) is 142 Å². The van der Waals surface area contributed by atoms with Crippen molar-refractivity contribution in [2.75, 3.05) is 40.4 Å². The molecule has 1 heterocycles. The predicted molar refractivity (Wildman–Crippen MR) is 166 cm³/mol. The predicted octanol–water partition coefficient (Wildman–Crippen LogP) is 9.05. The molecule has 39 heavy (non-hydrogen) atoms. The van der Waals surface area contributed by atoms with Crippen LogP contribution in [0.5, 0.6) is 11.5 Å². The van der Waals surface area contributed by atoms with Gasteiger partial charge in [-0.2, -0.15) is 0 Å². The molecule has 2 atom stereocenters. The summed E-state index contributed by atoms with van der Waals surface area (Å²) in [6, 6.07) is 8.22. The van der Waals surface area contributed by atoms with Crippen LogP contribution in [0.1, 0.15) is 129 Å². The van der Waals surface area contributed by atoms with Gasteiger partial charge >= 0.3 is 0 Å². The molecular weight excluding hydrogens is 484 g/mol. The van der Waals surface area contributed by atoms with Crippen molar-refractivity contribution in [3.05, 3.63) is 24.3 Å². The van der Waals surface area contributed by atoms with E-state index in [0.717, 1.165) is 37.4 Å². The van der Waals surface area contributed by atoms with Gasteiger partial charge < -0.3 is 14.2 Å². The third-order valence-electron chi connectivity index (χ3n) is 8.08. The average Bonchev–Trinajstić information content (AvgIpc) is 2.93. The van der Waals surface area contributed by atoms with E-state index in [4.69, 9.17) is 14.2 Å². The third kappa shape index (κ3) is 15.9. The van der Waals surface area contributed by atoms with Gasteiger partial charge in [0.2, 0.25) is 0 Å². The Morgan fingerprint density at radius 1 is 0.590 bits per heavy atom. The number of hydrogen-bond donors (Lipinski definition) is 0. The molecule has 226 valence electrons. The van der Waals surface area contributed by atoms with E-state index in [1.165, 1.54) is 103 Å². The van der Waals surface area contributed by atoms with Crippen molar-refractivity contribution in [2.24, 2.45) is 0 Å². The van der Waals surface area contributed by atoms with Gasteiger partial charge in [-0.25, -0.2) is 0 Å². The molecule has 2 rings (SSSR count). The van der Waals surface area contributed by atoms with Crippen LogP contribution in [0.25, 0.3) is 0 Å². The monoisotopic (exact) mass is 546 g/mol. The summed E-state index contributed by atoms with van der Waals surface area (Å²) >= 11 is 0. The highest BCUT2D eigenvalue weighted by atomic mass is 16.5. The highest BCUT2D eigenvalue weighted by Gasteiger charge is 2.20. The molecule has 0 amide bonds. The minimum absolute atomic E-state index is 0.0182. The second-order valence-corrected chi connectivity index (χ2v) is 11.7. The zero-order chi connectivity index (χ0) is 28.0. The van der Waals surface area contributed by atoms with Crippen LogP contribution >= 0.6 is 0 Å². The molecule has 0 aliphatic carbocycles. The molecule has 0 spiro atoms. The number of fused-ring (bicyclic) bond motifs is 2. The standard InChI is InChI=1S/C34H62N2O3/c1-5-7-9-11-13-15-17-19-26-35(3)33-24-28-37-29-25-34(39-32-23-21-22-31(30-32)38-33)36(4)27-20-18-16-14-12-10-8-6-2/h21-23,30,33-34H,5-20,24-29H2,1-4H3. The van der Waals surface area contributed by atoms with Crippen molar-refractivity contribution >= 4 is 0 Å². The minimum atomic E-state index is 0.0182. The smallest absolute Gasteiger partial charge is 0.154 e. The van der Waals surface area contributed by atoms with Gasteiger partial charge in [0.25, 0.3) is 0 Å². The van der Waals surface area contributed by atoms with Crippen molar-refractivity contribution < 1.29 is 14.2 Å². The van der Waals surface area contributed by atoms with Gasteiger partial charge in [-0.05, 0) is 39.1 Å². The quantitative estimate of drug-likeness (QED) is 0.152. The Morgan fingerprint density at radius 2 is 0.974 bits per heavy atom. The first kappa shape index (κ1) is 33.9. The van der Waals surface area contributed by atoms with Gasteiger partial charge in [-0.15, -0.1) is 0 Å². The van der Waals surface area contributed by atoms with Crippen molar-refractivity contribution in [3.8, 4) is 11.5 Å². The van der Waals surface area contributed by atoms with Gasteiger partial charge in [-0.3, -0.25) is 9.80 Å². The molecule has 5 heteroatoms. The van der Waals surface area contributed by atoms with E-state index >= 15 is 0 Å². The van der Waals surface area contributed by atoms with Crippen molar-refractivity contribution in [3.63, 3.8) is 0 Å². The Kier molecular flexibility index (Phi) is 19.5. The molecule has 0 fully saturated rings. The maximum absolute atomic E-state index is 6.49. The second kappa shape index (κ2) is 22.4. The largest absolute Gasteiger partial charge is 0.475 e. The Bertz CT molecular complexity index is 648. The van der Waals surface area contributed by atoms with E-state index in [0.29, 0.717) is 13.2 Å². The SMILES string of the molecule is CCCCCCCCCCN(C)C1CCOCCC(N(C)CCCCCCCCCC)Oc2cccc(c2)O1. The van der Waals surface area contributed by atoms with Crippen LogP contribution in [0.3, 0.4) is 0 Å². The van der Waals surface area contributed by atoms with E-state index in [2.05, 4.69) is 62.0 Å². The van der Waals surface area contributed by atoms with E-state index in [-0.39, 0.29) is 12.5 Å². The first-order chi connectivity index (χ1) is 19.1. The number of ether oxygens (including phenoxy) is 3. The lowest BCUT2D eigenvalue weighted by molar-refractivity contribution is -0.0157. The van der Waals surface area contributed by atoms with E-state index in [1.807, 2.05) is 0 Å². The lowest BCUT2D eigenvalue weighted by atomic mass is 10.1. The van der Waals surface area contributed by atoms with E-state index in [1.54, 1.807) is 0 Å².